The maximum absolute atomic E-state index is 12.3. The summed E-state index contributed by atoms with van der Waals surface area (Å²) in [5, 5.41) is 4.36. The highest BCUT2D eigenvalue weighted by Crippen LogP contribution is 2.16. The molecule has 0 spiro atoms. The molecule has 1 heterocycles. The highest BCUT2D eigenvalue weighted by atomic mass is 79.9. The maximum atomic E-state index is 12.3. The van der Waals surface area contributed by atoms with Crippen molar-refractivity contribution in [2.24, 2.45) is 0 Å². The Labute approximate surface area is 161 Å². The Balaban J connectivity index is 1.48. The van der Waals surface area contributed by atoms with E-state index >= 15 is 0 Å². The van der Waals surface area contributed by atoms with E-state index in [0.29, 0.717) is 19.6 Å². The second-order valence-electron chi connectivity index (χ2n) is 5.93. The average molecular weight is 414 g/mol. The first-order valence-electron chi connectivity index (χ1n) is 8.33. The number of rotatable bonds is 7. The summed E-state index contributed by atoms with van der Waals surface area (Å²) in [5.41, 5.74) is 1.98. The van der Waals surface area contributed by atoms with Crippen molar-refractivity contribution in [2.75, 3.05) is 13.7 Å². The van der Waals surface area contributed by atoms with E-state index < -0.39 is 0 Å². The second kappa shape index (κ2) is 8.67. The molecule has 26 heavy (non-hydrogen) atoms. The first-order chi connectivity index (χ1) is 12.6. The number of aromatic nitrogens is 2. The molecule has 1 aromatic heterocycles. The van der Waals surface area contributed by atoms with E-state index in [0.717, 1.165) is 21.5 Å². The predicted octanol–water partition coefficient (Wildman–Crippen LogP) is 4.06. The lowest BCUT2D eigenvalue weighted by Gasteiger charge is -2.16. The number of nitrogens with zero attached hydrogens (tertiary/aromatic N) is 3. The van der Waals surface area contributed by atoms with Crippen molar-refractivity contribution in [3.05, 3.63) is 77.0 Å². The normalized spacial score (nSPS) is 10.5. The lowest BCUT2D eigenvalue weighted by molar-refractivity contribution is -0.130. The number of carbonyl (C=O) groups is 1. The van der Waals surface area contributed by atoms with Gasteiger partial charge in [-0.2, -0.15) is 5.10 Å². The molecule has 6 heteroatoms. The molecule has 0 bridgehead atoms. The number of hydrogen-bond acceptors (Lipinski definition) is 3. The first kappa shape index (κ1) is 18.2. The molecular weight excluding hydrogens is 394 g/mol. The zero-order valence-electron chi connectivity index (χ0n) is 14.5. The quantitative estimate of drug-likeness (QED) is 0.586. The van der Waals surface area contributed by atoms with Crippen LogP contribution >= 0.6 is 15.9 Å². The summed E-state index contributed by atoms with van der Waals surface area (Å²) in [6.45, 7) is 0.873. The number of benzene rings is 2. The van der Waals surface area contributed by atoms with Crippen LogP contribution in [0.15, 0.2) is 71.5 Å². The van der Waals surface area contributed by atoms with Gasteiger partial charge in [-0.05, 0) is 36.4 Å². The summed E-state index contributed by atoms with van der Waals surface area (Å²) in [6, 6.07) is 17.5. The van der Waals surface area contributed by atoms with Gasteiger partial charge in [0.1, 0.15) is 5.75 Å². The maximum Gasteiger partial charge on any atom is 0.226 e. The zero-order chi connectivity index (χ0) is 18.4. The van der Waals surface area contributed by atoms with Crippen molar-refractivity contribution < 1.29 is 9.53 Å². The monoisotopic (exact) mass is 413 g/mol. The van der Waals surface area contributed by atoms with E-state index in [9.17, 15) is 4.79 Å². The van der Waals surface area contributed by atoms with Crippen molar-refractivity contribution in [1.82, 2.24) is 14.7 Å². The van der Waals surface area contributed by atoms with E-state index in [1.54, 1.807) is 18.1 Å². The summed E-state index contributed by atoms with van der Waals surface area (Å²) in [5.74, 6) is 0.794. The minimum atomic E-state index is 0.0366. The Morgan fingerprint density at radius 2 is 1.88 bits per heavy atom. The molecule has 5 nitrogen and oxygen atoms in total. The van der Waals surface area contributed by atoms with E-state index in [1.165, 1.54) is 0 Å². The second-order valence-corrected chi connectivity index (χ2v) is 6.85. The van der Waals surface area contributed by atoms with E-state index in [1.807, 2.05) is 65.5 Å². The van der Waals surface area contributed by atoms with Crippen LogP contribution in [0.5, 0.6) is 5.75 Å². The third kappa shape index (κ3) is 4.95. The van der Waals surface area contributed by atoms with Crippen molar-refractivity contribution in [2.45, 2.75) is 13.0 Å². The minimum Gasteiger partial charge on any atom is -0.493 e. The van der Waals surface area contributed by atoms with Crippen LogP contribution in [0.3, 0.4) is 0 Å². The number of hydrogen-bond donors (Lipinski definition) is 0. The molecule has 0 saturated carbocycles. The Kier molecular flexibility index (Phi) is 6.07. The number of halogens is 1. The van der Waals surface area contributed by atoms with Crippen LogP contribution in [0.4, 0.5) is 0 Å². The third-order valence-electron chi connectivity index (χ3n) is 3.90. The van der Waals surface area contributed by atoms with Crippen LogP contribution in [0.2, 0.25) is 0 Å². The van der Waals surface area contributed by atoms with Gasteiger partial charge in [-0.3, -0.25) is 4.79 Å². The predicted molar refractivity (Wildman–Crippen MR) is 104 cm³/mol. The van der Waals surface area contributed by atoms with Gasteiger partial charge in [-0.1, -0.05) is 34.1 Å². The SMILES string of the molecule is CN(Cc1cnn(-c2ccccc2)c1)C(=O)CCOc1ccc(Br)cc1. The summed E-state index contributed by atoms with van der Waals surface area (Å²) in [7, 11) is 1.79. The van der Waals surface area contributed by atoms with Crippen LogP contribution in [0.1, 0.15) is 12.0 Å². The van der Waals surface area contributed by atoms with E-state index in [4.69, 9.17) is 4.74 Å². The molecule has 0 aliphatic rings. The fourth-order valence-corrected chi connectivity index (χ4v) is 2.77. The molecule has 0 aliphatic heterocycles. The molecule has 0 fully saturated rings. The van der Waals surface area contributed by atoms with Crippen molar-refractivity contribution in [1.29, 1.82) is 0 Å². The number of ether oxygens (including phenoxy) is 1. The largest absolute Gasteiger partial charge is 0.493 e. The standard InChI is InChI=1S/C20H20BrN3O2/c1-23(20(25)11-12-26-19-9-7-17(21)8-10-19)14-16-13-22-24(15-16)18-5-3-2-4-6-18/h2-10,13,15H,11-12,14H2,1H3. The van der Waals surface area contributed by atoms with Gasteiger partial charge in [0.05, 0.1) is 24.9 Å². The topological polar surface area (TPSA) is 47.4 Å². The lowest BCUT2D eigenvalue weighted by atomic mass is 10.3. The van der Waals surface area contributed by atoms with Gasteiger partial charge in [0.25, 0.3) is 0 Å². The summed E-state index contributed by atoms with van der Waals surface area (Å²) in [4.78, 5) is 14.0. The molecule has 3 rings (SSSR count). The molecule has 0 unspecified atom stereocenters. The minimum absolute atomic E-state index is 0.0366. The molecule has 1 amide bonds. The van der Waals surface area contributed by atoms with Crippen LogP contribution in [-0.2, 0) is 11.3 Å². The molecule has 0 atom stereocenters. The van der Waals surface area contributed by atoms with Crippen molar-refractivity contribution in [3.63, 3.8) is 0 Å². The van der Waals surface area contributed by atoms with Crippen LogP contribution < -0.4 is 4.74 Å². The smallest absolute Gasteiger partial charge is 0.226 e. The molecule has 0 saturated heterocycles. The fourth-order valence-electron chi connectivity index (χ4n) is 2.50. The van der Waals surface area contributed by atoms with Crippen LogP contribution in [0.25, 0.3) is 5.69 Å². The Bertz CT molecular complexity index is 847. The van der Waals surface area contributed by atoms with E-state index in [2.05, 4.69) is 21.0 Å². The third-order valence-corrected chi connectivity index (χ3v) is 4.43. The zero-order valence-corrected chi connectivity index (χ0v) is 16.1. The molecule has 0 N–H and O–H groups in total. The van der Waals surface area contributed by atoms with Gasteiger partial charge in [0, 0.05) is 29.8 Å². The van der Waals surface area contributed by atoms with Gasteiger partial charge < -0.3 is 9.64 Å². The van der Waals surface area contributed by atoms with Crippen molar-refractivity contribution >= 4 is 21.8 Å². The van der Waals surface area contributed by atoms with Crippen LogP contribution in [-0.4, -0.2) is 34.2 Å². The Morgan fingerprint density at radius 1 is 1.15 bits per heavy atom. The fraction of sp³-hybridized carbons (Fsp3) is 0.200. The molecule has 0 radical (unpaired) electrons. The van der Waals surface area contributed by atoms with Gasteiger partial charge in [0.15, 0.2) is 0 Å². The molecule has 0 aliphatic carbocycles. The van der Waals surface area contributed by atoms with Gasteiger partial charge >= 0.3 is 0 Å². The molecule has 134 valence electrons. The number of para-hydroxylation sites is 1. The van der Waals surface area contributed by atoms with Gasteiger partial charge in [-0.25, -0.2) is 4.68 Å². The Hall–Kier alpha value is -2.60. The Morgan fingerprint density at radius 3 is 2.62 bits per heavy atom. The van der Waals surface area contributed by atoms with Gasteiger partial charge in [0.2, 0.25) is 5.91 Å². The molecular formula is C20H20BrN3O2. The summed E-state index contributed by atoms with van der Waals surface area (Å²) >= 11 is 3.38. The first-order valence-corrected chi connectivity index (χ1v) is 9.12. The highest BCUT2D eigenvalue weighted by molar-refractivity contribution is 9.10. The molecule has 2 aromatic carbocycles. The highest BCUT2D eigenvalue weighted by Gasteiger charge is 2.11. The summed E-state index contributed by atoms with van der Waals surface area (Å²) in [6.07, 6.45) is 4.06. The molecule has 3 aromatic rings. The van der Waals surface area contributed by atoms with Gasteiger partial charge in [-0.15, -0.1) is 0 Å². The number of carbonyl (C=O) groups excluding carboxylic acids is 1. The average Bonchev–Trinajstić information content (AvgIpc) is 3.12. The summed E-state index contributed by atoms with van der Waals surface area (Å²) < 4.78 is 8.42. The number of amides is 1. The van der Waals surface area contributed by atoms with Crippen LogP contribution in [0, 0.1) is 0 Å². The lowest BCUT2D eigenvalue weighted by Crippen LogP contribution is -2.27. The van der Waals surface area contributed by atoms with Crippen molar-refractivity contribution in [3.8, 4) is 11.4 Å². The van der Waals surface area contributed by atoms with E-state index in [-0.39, 0.29) is 5.91 Å².